The Labute approximate surface area is 121 Å². The van der Waals surface area contributed by atoms with E-state index in [9.17, 15) is 4.79 Å². The molecule has 3 saturated carbocycles. The maximum atomic E-state index is 12.9. The molecule has 1 saturated heterocycles. The number of hydrogen-bond donors (Lipinski definition) is 0. The smallest absolute Gasteiger partial charge is 0.226 e. The lowest BCUT2D eigenvalue weighted by Gasteiger charge is -2.49. The molecule has 106 valence electrons. The highest BCUT2D eigenvalue weighted by Gasteiger charge is 2.63. The largest absolute Gasteiger partial charge is 0.342 e. The van der Waals surface area contributed by atoms with Gasteiger partial charge in [0.05, 0.1) is 5.92 Å². The Morgan fingerprint density at radius 1 is 1.10 bits per heavy atom. The summed E-state index contributed by atoms with van der Waals surface area (Å²) in [4.78, 5) is 15.1. The summed E-state index contributed by atoms with van der Waals surface area (Å²) in [5, 5.41) is 0. The number of carbonyl (C=O) groups excluding carboxylic acids is 1. The van der Waals surface area contributed by atoms with Crippen molar-refractivity contribution in [2.75, 3.05) is 13.1 Å². The molecule has 20 heavy (non-hydrogen) atoms. The second-order valence-electron chi connectivity index (χ2n) is 6.89. The summed E-state index contributed by atoms with van der Waals surface area (Å²) in [5.74, 6) is 1.40. The Morgan fingerprint density at radius 2 is 1.85 bits per heavy atom. The van der Waals surface area contributed by atoms with Crippen molar-refractivity contribution in [3.05, 3.63) is 35.9 Å². The zero-order valence-corrected chi connectivity index (χ0v) is 12.1. The number of benzene rings is 1. The fourth-order valence-corrected chi connectivity index (χ4v) is 4.93. The zero-order chi connectivity index (χ0) is 13.6. The molecule has 1 heterocycles. The summed E-state index contributed by atoms with van der Waals surface area (Å²) in [7, 11) is 0. The first-order chi connectivity index (χ1) is 9.81. The van der Waals surface area contributed by atoms with Gasteiger partial charge in [0.15, 0.2) is 0 Å². The fraction of sp³-hybridized carbons (Fsp3) is 0.611. The third-order valence-electron chi connectivity index (χ3n) is 5.94. The van der Waals surface area contributed by atoms with Gasteiger partial charge in [0.2, 0.25) is 5.91 Å². The number of fused-ring (bicyclic) bond motifs is 1. The van der Waals surface area contributed by atoms with Crippen LogP contribution in [0.3, 0.4) is 0 Å². The molecule has 0 radical (unpaired) electrons. The van der Waals surface area contributed by atoms with Gasteiger partial charge in [-0.2, -0.15) is 0 Å². The number of likely N-dealkylation sites (tertiary alicyclic amines) is 1. The van der Waals surface area contributed by atoms with Crippen molar-refractivity contribution in [3.8, 4) is 0 Å². The Morgan fingerprint density at radius 3 is 2.55 bits per heavy atom. The minimum atomic E-state index is 0.181. The van der Waals surface area contributed by atoms with E-state index in [0.717, 1.165) is 13.1 Å². The Kier molecular flexibility index (Phi) is 2.87. The molecule has 0 aromatic heterocycles. The van der Waals surface area contributed by atoms with E-state index in [1.807, 2.05) is 0 Å². The van der Waals surface area contributed by atoms with Gasteiger partial charge >= 0.3 is 0 Å². The third-order valence-corrected chi connectivity index (χ3v) is 5.94. The first-order valence-electron chi connectivity index (χ1n) is 8.16. The molecule has 4 aliphatic rings. The van der Waals surface area contributed by atoms with Crippen molar-refractivity contribution in [1.82, 2.24) is 4.90 Å². The van der Waals surface area contributed by atoms with Crippen LogP contribution in [0.5, 0.6) is 0 Å². The monoisotopic (exact) mass is 269 g/mol. The van der Waals surface area contributed by atoms with Crippen LogP contribution in [0.25, 0.3) is 0 Å². The van der Waals surface area contributed by atoms with Crippen molar-refractivity contribution in [3.63, 3.8) is 0 Å². The summed E-state index contributed by atoms with van der Waals surface area (Å²) in [6, 6.07) is 10.8. The topological polar surface area (TPSA) is 20.3 Å². The van der Waals surface area contributed by atoms with Gasteiger partial charge in [0.1, 0.15) is 0 Å². The zero-order valence-electron chi connectivity index (χ0n) is 12.1. The van der Waals surface area contributed by atoms with Crippen LogP contribution in [0.4, 0.5) is 0 Å². The van der Waals surface area contributed by atoms with E-state index < -0.39 is 0 Å². The van der Waals surface area contributed by atoms with Gasteiger partial charge in [-0.15, -0.1) is 0 Å². The van der Waals surface area contributed by atoms with E-state index >= 15 is 0 Å². The first-order valence-corrected chi connectivity index (χ1v) is 8.16. The van der Waals surface area contributed by atoms with Crippen molar-refractivity contribution >= 4 is 5.91 Å². The molecule has 1 aromatic rings. The second kappa shape index (κ2) is 4.61. The lowest BCUT2D eigenvalue weighted by Crippen LogP contribution is -2.54. The van der Waals surface area contributed by atoms with Gasteiger partial charge in [-0.25, -0.2) is 0 Å². The first kappa shape index (κ1) is 12.4. The van der Waals surface area contributed by atoms with E-state index in [1.54, 1.807) is 0 Å². The predicted molar refractivity (Wildman–Crippen MR) is 79.4 cm³/mol. The highest BCUT2D eigenvalue weighted by molar-refractivity contribution is 5.83. The Bertz CT molecular complexity index is 501. The minimum Gasteiger partial charge on any atom is -0.342 e. The summed E-state index contributed by atoms with van der Waals surface area (Å²) in [5.41, 5.74) is 1.59. The average Bonchev–Trinajstić information content (AvgIpc) is 3.09. The van der Waals surface area contributed by atoms with Crippen molar-refractivity contribution < 1.29 is 4.79 Å². The maximum absolute atomic E-state index is 12.9. The average molecular weight is 269 g/mol. The molecule has 2 heteroatoms. The van der Waals surface area contributed by atoms with E-state index in [0.29, 0.717) is 11.8 Å². The van der Waals surface area contributed by atoms with Gasteiger partial charge in [0, 0.05) is 18.5 Å². The van der Waals surface area contributed by atoms with Crippen LogP contribution in [0.2, 0.25) is 0 Å². The van der Waals surface area contributed by atoms with Crippen LogP contribution in [0.1, 0.15) is 44.1 Å². The minimum absolute atomic E-state index is 0.181. The lowest BCUT2D eigenvalue weighted by molar-refractivity contribution is -0.144. The van der Waals surface area contributed by atoms with E-state index in [2.05, 4.69) is 35.2 Å². The summed E-state index contributed by atoms with van der Waals surface area (Å²) in [6.45, 7) is 1.99. The predicted octanol–water partition coefficient (Wildman–Crippen LogP) is 3.37. The SMILES string of the molecule is O=C([C@@H]1[C@@H]2CC[C@@]1(c1ccccc1)C2)N1CCCCC1. The molecule has 2 nitrogen and oxygen atoms in total. The number of piperidine rings is 1. The second-order valence-corrected chi connectivity index (χ2v) is 6.89. The van der Waals surface area contributed by atoms with E-state index in [4.69, 9.17) is 0 Å². The van der Waals surface area contributed by atoms with Gasteiger partial charge in [-0.3, -0.25) is 4.79 Å². The maximum Gasteiger partial charge on any atom is 0.226 e. The highest BCUT2D eigenvalue weighted by Crippen LogP contribution is 2.64. The van der Waals surface area contributed by atoms with Crippen LogP contribution >= 0.6 is 0 Å². The number of rotatable bonds is 2. The number of amides is 1. The van der Waals surface area contributed by atoms with Crippen LogP contribution in [0.15, 0.2) is 30.3 Å². The van der Waals surface area contributed by atoms with E-state index in [-0.39, 0.29) is 11.3 Å². The van der Waals surface area contributed by atoms with Crippen molar-refractivity contribution in [2.45, 2.75) is 43.9 Å². The molecule has 1 aromatic carbocycles. The molecule has 3 aliphatic carbocycles. The van der Waals surface area contributed by atoms with Crippen LogP contribution in [-0.4, -0.2) is 23.9 Å². The third kappa shape index (κ3) is 1.66. The lowest BCUT2D eigenvalue weighted by atomic mass is 9.56. The molecule has 3 atom stereocenters. The standard InChI is InChI=1S/C18H23NO/c20-17(19-11-5-2-6-12-19)16-14-9-10-18(16,13-14)15-7-3-1-4-8-15/h1,3-4,7-8,14,16H,2,5-6,9-13H2/t14-,16+,18+/m1/s1. The fourth-order valence-electron chi connectivity index (χ4n) is 4.93. The molecule has 1 aliphatic heterocycles. The molecule has 0 N–H and O–H groups in total. The Hall–Kier alpha value is -1.31. The Balaban J connectivity index is 1.60. The van der Waals surface area contributed by atoms with E-state index in [1.165, 1.54) is 44.1 Å². The number of hydrogen-bond acceptors (Lipinski definition) is 1. The van der Waals surface area contributed by atoms with Crippen molar-refractivity contribution in [1.29, 1.82) is 0 Å². The molecular formula is C18H23NO. The highest BCUT2D eigenvalue weighted by atomic mass is 16.2. The molecule has 5 rings (SSSR count). The molecule has 4 fully saturated rings. The summed E-state index contributed by atoms with van der Waals surface area (Å²) in [6.07, 6.45) is 7.39. The van der Waals surface area contributed by atoms with Crippen LogP contribution in [0, 0.1) is 11.8 Å². The van der Waals surface area contributed by atoms with Gasteiger partial charge < -0.3 is 4.90 Å². The van der Waals surface area contributed by atoms with Crippen LogP contribution in [-0.2, 0) is 10.2 Å². The molecule has 0 spiro atoms. The number of carbonyl (C=O) groups is 1. The molecular weight excluding hydrogens is 246 g/mol. The molecule has 0 unspecified atom stereocenters. The normalized spacial score (nSPS) is 35.7. The summed E-state index contributed by atoms with van der Waals surface area (Å²) >= 11 is 0. The molecule has 1 amide bonds. The quantitative estimate of drug-likeness (QED) is 0.806. The molecule has 2 bridgehead atoms. The van der Waals surface area contributed by atoms with Crippen molar-refractivity contribution in [2.24, 2.45) is 11.8 Å². The van der Waals surface area contributed by atoms with Gasteiger partial charge in [-0.05, 0) is 50.0 Å². The van der Waals surface area contributed by atoms with Gasteiger partial charge in [-0.1, -0.05) is 30.3 Å². The summed E-state index contributed by atoms with van der Waals surface area (Å²) < 4.78 is 0. The van der Waals surface area contributed by atoms with Crippen LogP contribution < -0.4 is 0 Å². The number of nitrogens with zero attached hydrogens (tertiary/aromatic N) is 1. The van der Waals surface area contributed by atoms with Gasteiger partial charge in [0.25, 0.3) is 0 Å².